The largest absolute Gasteiger partial charge is 3.00 e. The van der Waals surface area contributed by atoms with Crippen molar-refractivity contribution in [1.29, 1.82) is 0 Å². The molecule has 134 valence electrons. The van der Waals surface area contributed by atoms with E-state index in [1.54, 1.807) is 11.5 Å². The van der Waals surface area contributed by atoms with Crippen molar-refractivity contribution in [2.45, 2.75) is 74.7 Å². The Morgan fingerprint density at radius 1 is 1.26 bits per heavy atom. The average Bonchev–Trinajstić information content (AvgIpc) is 3.08. The molecular weight excluding hydrogens is 367 g/mol. The van der Waals surface area contributed by atoms with Gasteiger partial charge in [0.15, 0.2) is 0 Å². The first kappa shape index (κ1) is 38.2. The zero-order valence-corrected chi connectivity index (χ0v) is 19.2. The molecule has 0 fully saturated rings. The van der Waals surface area contributed by atoms with E-state index in [9.17, 15) is 0 Å². The van der Waals surface area contributed by atoms with Crippen LogP contribution in [0.15, 0.2) is 6.20 Å². The number of carbonyl (C=O) groups excluding carboxylic acids is 2. The van der Waals surface area contributed by atoms with E-state index in [0.717, 1.165) is 25.1 Å². The Bertz CT molecular complexity index is 236. The van der Waals surface area contributed by atoms with Crippen LogP contribution < -0.4 is 5.32 Å². The molecule has 0 aliphatic carbocycles. The van der Waals surface area contributed by atoms with E-state index < -0.39 is 0 Å². The third-order valence-electron chi connectivity index (χ3n) is 0.956. The fourth-order valence-corrected chi connectivity index (χ4v) is 0.463. The van der Waals surface area contributed by atoms with Gasteiger partial charge in [0.05, 0.1) is 12.8 Å². The molecule has 2 amide bonds. The molecule has 0 unspecified atom stereocenters. The number of rotatable bonds is 3. The Morgan fingerprint density at radius 3 is 1.74 bits per heavy atom. The predicted molar refractivity (Wildman–Crippen MR) is 96.0 cm³/mol. The molecule has 23 heavy (non-hydrogen) atoms. The molecule has 0 saturated carbocycles. The van der Waals surface area contributed by atoms with Crippen LogP contribution in [0.25, 0.3) is 0 Å². The number of imidazole rings is 1. The normalized spacial score (nSPS) is 6.13. The molecule has 0 aliphatic heterocycles. The van der Waals surface area contributed by atoms with Crippen LogP contribution in [-0.4, -0.2) is 22.8 Å². The molecule has 6 heteroatoms. The molecule has 0 bridgehead atoms. The Labute approximate surface area is 169 Å². The minimum atomic E-state index is 0. The topological polar surface area (TPSA) is 74.8 Å². The standard InChI is InChI=1S/C5H7N2.C3H8.C3H7.C2H2NO2.2C2H6.Y/c1-2-5-6-3-4-7-5;2*1-3-2;4-1-3-2-5;2*1-2;/h3H,2H2,1H3,(H,6,7);3H2,1-2H3;1,3H2,2H3;1H,(H,3,4,5);2*1-2H3;/q-1;;2*-1;;;+3. The summed E-state index contributed by atoms with van der Waals surface area (Å²) in [5.74, 6) is 1.00. The second-order valence-electron chi connectivity index (χ2n) is 2.90. The predicted octanol–water partition coefficient (Wildman–Crippen LogP) is 4.27. The van der Waals surface area contributed by atoms with E-state index in [0.29, 0.717) is 0 Å². The minimum Gasteiger partial charge on any atom is -0.464 e. The number of hydrogen-bond donors (Lipinski definition) is 2. The number of carbonyl (C=O) groups is 1. The molecule has 1 aromatic heterocycles. The molecular formula is C17H36N3O2Y. The molecule has 1 rings (SSSR count). The molecule has 0 radical (unpaired) electrons. The molecule has 0 saturated heterocycles. The van der Waals surface area contributed by atoms with Crippen LogP contribution >= 0.6 is 0 Å². The van der Waals surface area contributed by atoms with Gasteiger partial charge >= 0.3 is 32.7 Å². The Balaban J connectivity index is -0.0000000406. The Morgan fingerprint density at radius 2 is 1.65 bits per heavy atom. The van der Waals surface area contributed by atoms with Crippen molar-refractivity contribution >= 4 is 12.8 Å². The van der Waals surface area contributed by atoms with Crippen LogP contribution in [0, 0.1) is 13.1 Å². The molecule has 0 aliphatic rings. The zero-order valence-electron chi connectivity index (χ0n) is 16.3. The summed E-state index contributed by atoms with van der Waals surface area (Å²) in [6.07, 6.45) is 9.00. The van der Waals surface area contributed by atoms with Crippen LogP contribution in [-0.2, 0) is 48.7 Å². The van der Waals surface area contributed by atoms with Gasteiger partial charge in [-0.1, -0.05) is 80.3 Å². The number of imide groups is 1. The van der Waals surface area contributed by atoms with Crippen molar-refractivity contribution < 1.29 is 42.3 Å². The second-order valence-corrected chi connectivity index (χ2v) is 2.90. The first-order chi connectivity index (χ1) is 10.7. The van der Waals surface area contributed by atoms with Gasteiger partial charge in [-0.2, -0.15) is 6.42 Å². The van der Waals surface area contributed by atoms with Crippen molar-refractivity contribution in [2.24, 2.45) is 0 Å². The number of nitrogens with zero attached hydrogens (tertiary/aromatic N) is 1. The van der Waals surface area contributed by atoms with Crippen LogP contribution in [0.4, 0.5) is 0 Å². The fraction of sp³-hybridized carbons (Fsp3) is 0.647. The summed E-state index contributed by atoms with van der Waals surface area (Å²) in [6, 6.07) is 0. The van der Waals surface area contributed by atoms with Gasteiger partial charge in [-0.05, 0) is 0 Å². The first-order valence-corrected chi connectivity index (χ1v) is 7.94. The van der Waals surface area contributed by atoms with Gasteiger partial charge in [0, 0.05) is 0 Å². The van der Waals surface area contributed by atoms with E-state index in [1.165, 1.54) is 6.42 Å². The van der Waals surface area contributed by atoms with Gasteiger partial charge in [-0.3, -0.25) is 0 Å². The third kappa shape index (κ3) is 74.3. The van der Waals surface area contributed by atoms with Gasteiger partial charge in [0.2, 0.25) is 0 Å². The number of amides is 2. The Kier molecular flexibility index (Phi) is 96.0. The van der Waals surface area contributed by atoms with E-state index in [4.69, 9.17) is 9.59 Å². The van der Waals surface area contributed by atoms with Crippen LogP contribution in [0.3, 0.4) is 0 Å². The molecule has 5 nitrogen and oxygen atoms in total. The maximum Gasteiger partial charge on any atom is 3.00 e. The van der Waals surface area contributed by atoms with Gasteiger partial charge in [0.25, 0.3) is 0 Å². The number of aromatic nitrogens is 2. The SMILES string of the molecule is CC.CC.CCC.CCc1n[c-]c[nH]1.O=[C-]NC=O.[CH2-]CC.[Y+3]. The third-order valence-corrected chi connectivity index (χ3v) is 0.956. The van der Waals surface area contributed by atoms with Crippen LogP contribution in [0.1, 0.15) is 74.1 Å². The number of nitrogens with one attached hydrogen (secondary N) is 2. The summed E-state index contributed by atoms with van der Waals surface area (Å²) in [5, 5.41) is 1.62. The quantitative estimate of drug-likeness (QED) is 0.450. The second kappa shape index (κ2) is 57.9. The summed E-state index contributed by atoms with van der Waals surface area (Å²) in [6.45, 7) is 19.8. The number of H-pyrrole nitrogens is 1. The monoisotopic (exact) mass is 403 g/mol. The Hall–Kier alpha value is -0.546. The molecule has 0 spiro atoms. The number of aryl methyl sites for hydroxylation is 1. The van der Waals surface area contributed by atoms with Crippen molar-refractivity contribution in [3.8, 4) is 0 Å². The van der Waals surface area contributed by atoms with Crippen molar-refractivity contribution in [2.75, 3.05) is 0 Å². The maximum absolute atomic E-state index is 9.03. The summed E-state index contributed by atoms with van der Waals surface area (Å²) < 4.78 is 0. The minimum absolute atomic E-state index is 0. The van der Waals surface area contributed by atoms with E-state index >= 15 is 0 Å². The maximum atomic E-state index is 9.03. The van der Waals surface area contributed by atoms with Crippen molar-refractivity contribution in [3.05, 3.63) is 25.1 Å². The molecule has 1 heterocycles. The summed E-state index contributed by atoms with van der Waals surface area (Å²) >= 11 is 0. The number of aromatic amines is 1. The molecule has 0 atom stereocenters. The van der Waals surface area contributed by atoms with Crippen LogP contribution in [0.5, 0.6) is 0 Å². The molecule has 0 aromatic carbocycles. The summed E-state index contributed by atoms with van der Waals surface area (Å²) in [5.41, 5.74) is 0. The van der Waals surface area contributed by atoms with Gasteiger partial charge in [0.1, 0.15) is 0 Å². The van der Waals surface area contributed by atoms with E-state index in [1.807, 2.05) is 41.5 Å². The number of hydrogen-bond acceptors (Lipinski definition) is 3. The van der Waals surface area contributed by atoms with Crippen molar-refractivity contribution in [3.63, 3.8) is 0 Å². The summed E-state index contributed by atoms with van der Waals surface area (Å²) in [4.78, 5) is 24.7. The summed E-state index contributed by atoms with van der Waals surface area (Å²) in [7, 11) is 0. The molecule has 1 aromatic rings. The van der Waals surface area contributed by atoms with Crippen LogP contribution in [0.2, 0.25) is 0 Å². The van der Waals surface area contributed by atoms with E-state index in [-0.39, 0.29) is 39.1 Å². The first-order valence-electron chi connectivity index (χ1n) is 7.94. The smallest absolute Gasteiger partial charge is 0.464 e. The van der Waals surface area contributed by atoms with Gasteiger partial charge in [-0.15, -0.1) is 6.20 Å². The fourth-order valence-electron chi connectivity index (χ4n) is 0.463. The van der Waals surface area contributed by atoms with Gasteiger partial charge < -0.3 is 31.8 Å². The van der Waals surface area contributed by atoms with Gasteiger partial charge in [-0.25, -0.2) is 0 Å². The average molecular weight is 403 g/mol. The van der Waals surface area contributed by atoms with E-state index in [2.05, 4.69) is 36.9 Å². The zero-order chi connectivity index (χ0) is 18.6. The molecule has 2 N–H and O–H groups in total. The van der Waals surface area contributed by atoms with Crippen molar-refractivity contribution in [1.82, 2.24) is 15.3 Å².